The average Bonchev–Trinajstić information content (AvgIpc) is 2.09. The molecule has 1 aromatic rings. The van der Waals surface area contributed by atoms with Gasteiger partial charge < -0.3 is 10.1 Å². The molecule has 0 aromatic heterocycles. The second kappa shape index (κ2) is 4.28. The first kappa shape index (κ1) is 10.1. The van der Waals surface area contributed by atoms with Gasteiger partial charge in [0.25, 0.3) is 0 Å². The second-order valence-electron chi connectivity index (χ2n) is 2.82. The van der Waals surface area contributed by atoms with Gasteiger partial charge in [0.2, 0.25) is 0 Å². The lowest BCUT2D eigenvalue weighted by molar-refractivity contribution is 0.310. The Morgan fingerprint density at radius 1 is 1.31 bits per heavy atom. The fourth-order valence-corrected chi connectivity index (χ4v) is 1.27. The summed E-state index contributed by atoms with van der Waals surface area (Å²) in [5, 5.41) is 12.0. The van der Waals surface area contributed by atoms with Crippen molar-refractivity contribution < 1.29 is 5.21 Å². The zero-order valence-corrected chi connectivity index (χ0v) is 9.12. The third-order valence-electron chi connectivity index (χ3n) is 1.62. The van der Waals surface area contributed by atoms with Crippen LogP contribution in [0.15, 0.2) is 33.9 Å². The van der Waals surface area contributed by atoms with Crippen LogP contribution in [-0.4, -0.2) is 30.0 Å². The lowest BCUT2D eigenvalue weighted by Gasteiger charge is -2.13. The molecule has 0 radical (unpaired) electrons. The van der Waals surface area contributed by atoms with Crippen LogP contribution in [0.2, 0.25) is 0 Å². The highest BCUT2D eigenvalue weighted by Gasteiger charge is 2.05. The van der Waals surface area contributed by atoms with Crippen molar-refractivity contribution in [1.29, 1.82) is 0 Å². The Hall–Kier alpha value is -1.03. The molecule has 1 aromatic carbocycles. The standard InChI is InChI=1S/C9H11BrN2O/c1-12(2)9(11-13)7-3-5-8(10)6-4-7/h3-6,13H,1-2H3/b11-9-. The summed E-state index contributed by atoms with van der Waals surface area (Å²) in [6.45, 7) is 0. The zero-order valence-electron chi connectivity index (χ0n) is 7.53. The molecule has 4 heteroatoms. The van der Waals surface area contributed by atoms with Gasteiger partial charge in [-0.05, 0) is 12.1 Å². The second-order valence-corrected chi connectivity index (χ2v) is 3.74. The SMILES string of the molecule is CN(C)/C(=N\O)c1ccc(Br)cc1. The Morgan fingerprint density at radius 3 is 2.23 bits per heavy atom. The molecule has 1 rings (SSSR count). The highest BCUT2D eigenvalue weighted by atomic mass is 79.9. The third kappa shape index (κ3) is 2.45. The first-order valence-electron chi connectivity index (χ1n) is 3.80. The van der Waals surface area contributed by atoms with Gasteiger partial charge in [-0.15, -0.1) is 0 Å². The quantitative estimate of drug-likeness (QED) is 0.355. The highest BCUT2D eigenvalue weighted by Crippen LogP contribution is 2.11. The van der Waals surface area contributed by atoms with E-state index in [0.29, 0.717) is 5.84 Å². The molecule has 0 aliphatic rings. The summed E-state index contributed by atoms with van der Waals surface area (Å²) in [4.78, 5) is 1.75. The number of oxime groups is 1. The Morgan fingerprint density at radius 2 is 1.85 bits per heavy atom. The van der Waals surface area contributed by atoms with Gasteiger partial charge in [-0.3, -0.25) is 0 Å². The van der Waals surface area contributed by atoms with Crippen LogP contribution in [0.1, 0.15) is 5.56 Å². The number of hydrogen-bond acceptors (Lipinski definition) is 2. The van der Waals surface area contributed by atoms with E-state index in [-0.39, 0.29) is 0 Å². The van der Waals surface area contributed by atoms with Crippen LogP contribution >= 0.6 is 15.9 Å². The first-order chi connectivity index (χ1) is 6.15. The number of rotatable bonds is 1. The number of halogens is 1. The average molecular weight is 243 g/mol. The van der Waals surface area contributed by atoms with Crippen molar-refractivity contribution in [3.8, 4) is 0 Å². The van der Waals surface area contributed by atoms with Crippen molar-refractivity contribution in [2.75, 3.05) is 14.1 Å². The van der Waals surface area contributed by atoms with E-state index in [1.807, 2.05) is 38.4 Å². The maximum Gasteiger partial charge on any atom is 0.174 e. The molecule has 0 aliphatic heterocycles. The topological polar surface area (TPSA) is 35.8 Å². The van der Waals surface area contributed by atoms with Gasteiger partial charge in [-0.25, -0.2) is 0 Å². The summed E-state index contributed by atoms with van der Waals surface area (Å²) in [5.74, 6) is 0.549. The van der Waals surface area contributed by atoms with Crippen molar-refractivity contribution >= 4 is 21.8 Å². The molecular weight excluding hydrogens is 232 g/mol. The molecule has 0 atom stereocenters. The van der Waals surface area contributed by atoms with Gasteiger partial charge in [0, 0.05) is 24.1 Å². The number of nitrogens with zero attached hydrogens (tertiary/aromatic N) is 2. The third-order valence-corrected chi connectivity index (χ3v) is 2.15. The molecule has 3 nitrogen and oxygen atoms in total. The zero-order chi connectivity index (χ0) is 9.84. The van der Waals surface area contributed by atoms with Crippen molar-refractivity contribution in [1.82, 2.24) is 4.90 Å². The minimum Gasteiger partial charge on any atom is -0.409 e. The van der Waals surface area contributed by atoms with Crippen LogP contribution in [-0.2, 0) is 0 Å². The van der Waals surface area contributed by atoms with Crippen molar-refractivity contribution in [3.05, 3.63) is 34.3 Å². The Balaban J connectivity index is 3.00. The predicted octanol–water partition coefficient (Wildman–Crippen LogP) is 2.15. The largest absolute Gasteiger partial charge is 0.409 e. The van der Waals surface area contributed by atoms with Gasteiger partial charge in [0.05, 0.1) is 0 Å². The Labute approximate surface area is 85.8 Å². The van der Waals surface area contributed by atoms with Crippen LogP contribution in [0.4, 0.5) is 0 Å². The molecule has 0 bridgehead atoms. The fourth-order valence-electron chi connectivity index (χ4n) is 1.00. The van der Waals surface area contributed by atoms with E-state index < -0.39 is 0 Å². The van der Waals surface area contributed by atoms with Gasteiger partial charge in [-0.2, -0.15) is 0 Å². The van der Waals surface area contributed by atoms with Crippen molar-refractivity contribution in [2.24, 2.45) is 5.16 Å². The molecule has 0 amide bonds. The summed E-state index contributed by atoms with van der Waals surface area (Å²) in [5.41, 5.74) is 0.885. The van der Waals surface area contributed by atoms with Gasteiger partial charge in [-0.1, -0.05) is 33.2 Å². The molecule has 0 aliphatic carbocycles. The summed E-state index contributed by atoms with van der Waals surface area (Å²) >= 11 is 3.34. The van der Waals surface area contributed by atoms with E-state index in [2.05, 4.69) is 21.1 Å². The van der Waals surface area contributed by atoms with Crippen molar-refractivity contribution in [3.63, 3.8) is 0 Å². The Bertz CT molecular complexity index is 306. The smallest absolute Gasteiger partial charge is 0.174 e. The first-order valence-corrected chi connectivity index (χ1v) is 4.59. The molecule has 70 valence electrons. The van der Waals surface area contributed by atoms with E-state index >= 15 is 0 Å². The van der Waals surface area contributed by atoms with Gasteiger partial charge in [0.1, 0.15) is 0 Å². The van der Waals surface area contributed by atoms with Crippen molar-refractivity contribution in [2.45, 2.75) is 0 Å². The number of benzene rings is 1. The van der Waals surface area contributed by atoms with Crippen LogP contribution < -0.4 is 0 Å². The van der Waals surface area contributed by atoms with E-state index in [4.69, 9.17) is 5.21 Å². The molecule has 0 unspecified atom stereocenters. The number of amidine groups is 1. The molecule has 0 heterocycles. The van der Waals surface area contributed by atoms with Crippen LogP contribution in [0.3, 0.4) is 0 Å². The van der Waals surface area contributed by atoms with E-state index in [1.54, 1.807) is 4.90 Å². The normalized spacial score (nSPS) is 11.5. The fraction of sp³-hybridized carbons (Fsp3) is 0.222. The maximum absolute atomic E-state index is 8.75. The molecule has 0 fully saturated rings. The highest BCUT2D eigenvalue weighted by molar-refractivity contribution is 9.10. The van der Waals surface area contributed by atoms with Crippen LogP contribution in [0.5, 0.6) is 0 Å². The van der Waals surface area contributed by atoms with E-state index in [9.17, 15) is 0 Å². The molecule has 1 N–H and O–H groups in total. The monoisotopic (exact) mass is 242 g/mol. The minimum atomic E-state index is 0.549. The summed E-state index contributed by atoms with van der Waals surface area (Å²) in [6.07, 6.45) is 0. The van der Waals surface area contributed by atoms with Gasteiger partial charge in [0.15, 0.2) is 5.84 Å². The molecule has 0 saturated carbocycles. The van der Waals surface area contributed by atoms with E-state index in [0.717, 1.165) is 10.0 Å². The summed E-state index contributed by atoms with van der Waals surface area (Å²) in [7, 11) is 3.66. The predicted molar refractivity (Wildman–Crippen MR) is 56.2 cm³/mol. The van der Waals surface area contributed by atoms with Gasteiger partial charge >= 0.3 is 0 Å². The van der Waals surface area contributed by atoms with Crippen LogP contribution in [0, 0.1) is 0 Å². The van der Waals surface area contributed by atoms with E-state index in [1.165, 1.54) is 0 Å². The Kier molecular flexibility index (Phi) is 3.31. The summed E-state index contributed by atoms with van der Waals surface area (Å²) in [6, 6.07) is 7.59. The molecule has 0 spiro atoms. The maximum atomic E-state index is 8.75. The minimum absolute atomic E-state index is 0.549. The molecule has 13 heavy (non-hydrogen) atoms. The lowest BCUT2D eigenvalue weighted by atomic mass is 10.2. The lowest BCUT2D eigenvalue weighted by Crippen LogP contribution is -2.22. The number of hydrogen-bond donors (Lipinski definition) is 1. The molecular formula is C9H11BrN2O. The van der Waals surface area contributed by atoms with Crippen LogP contribution in [0.25, 0.3) is 0 Å². The molecule has 0 saturated heterocycles. The summed E-state index contributed by atoms with van der Waals surface area (Å²) < 4.78 is 1.01.